The van der Waals surface area contributed by atoms with Gasteiger partial charge in [-0.15, -0.1) is 11.8 Å². The fraction of sp³-hybridized carbons (Fsp3) is 0.400. The Hall–Kier alpha value is -2.01. The van der Waals surface area contributed by atoms with E-state index in [2.05, 4.69) is 16.7 Å². The SMILES string of the molecule is CCOC(=O)CSCC(=O)c1cc(C)n(CCc2ccccc2)c1C. The molecule has 0 saturated carbocycles. The number of ether oxygens (including phenoxy) is 1. The number of aryl methyl sites for hydroxylation is 2. The fourth-order valence-corrected chi connectivity index (χ4v) is 3.51. The monoisotopic (exact) mass is 359 g/mol. The number of carbonyl (C=O) groups excluding carboxylic acids is 2. The Morgan fingerprint density at radius 3 is 2.52 bits per heavy atom. The minimum atomic E-state index is -0.270. The van der Waals surface area contributed by atoms with Crippen LogP contribution in [0.4, 0.5) is 0 Å². The van der Waals surface area contributed by atoms with Crippen LogP contribution in [0.15, 0.2) is 36.4 Å². The van der Waals surface area contributed by atoms with Gasteiger partial charge in [0, 0.05) is 23.5 Å². The molecule has 25 heavy (non-hydrogen) atoms. The molecule has 134 valence electrons. The third-order valence-electron chi connectivity index (χ3n) is 4.10. The van der Waals surface area contributed by atoms with E-state index in [1.165, 1.54) is 17.3 Å². The quantitative estimate of drug-likeness (QED) is 0.504. The van der Waals surface area contributed by atoms with Crippen LogP contribution in [-0.4, -0.2) is 34.4 Å². The van der Waals surface area contributed by atoms with Crippen molar-refractivity contribution in [1.29, 1.82) is 0 Å². The van der Waals surface area contributed by atoms with Gasteiger partial charge in [0.2, 0.25) is 0 Å². The summed E-state index contributed by atoms with van der Waals surface area (Å²) in [6.07, 6.45) is 0.933. The lowest BCUT2D eigenvalue weighted by Gasteiger charge is -2.10. The van der Waals surface area contributed by atoms with Crippen LogP contribution in [0.3, 0.4) is 0 Å². The first-order chi connectivity index (χ1) is 12.0. The van der Waals surface area contributed by atoms with Crippen LogP contribution in [0.1, 0.15) is 34.2 Å². The Labute approximate surface area is 153 Å². The van der Waals surface area contributed by atoms with Gasteiger partial charge in [-0.25, -0.2) is 0 Å². The number of nitrogens with zero attached hydrogens (tertiary/aromatic N) is 1. The number of aromatic nitrogens is 1. The molecule has 2 rings (SSSR count). The van der Waals surface area contributed by atoms with Gasteiger partial charge in [-0.2, -0.15) is 0 Å². The summed E-state index contributed by atoms with van der Waals surface area (Å²) in [5.74, 6) is 0.302. The van der Waals surface area contributed by atoms with Crippen molar-refractivity contribution in [2.75, 3.05) is 18.1 Å². The highest BCUT2D eigenvalue weighted by molar-refractivity contribution is 8.00. The van der Waals surface area contributed by atoms with Gasteiger partial charge in [-0.05, 0) is 38.8 Å². The van der Waals surface area contributed by atoms with E-state index in [4.69, 9.17) is 4.74 Å². The van der Waals surface area contributed by atoms with E-state index in [1.807, 2.05) is 38.1 Å². The maximum absolute atomic E-state index is 12.5. The zero-order chi connectivity index (χ0) is 18.2. The van der Waals surface area contributed by atoms with Gasteiger partial charge in [-0.1, -0.05) is 30.3 Å². The Morgan fingerprint density at radius 1 is 1.12 bits per heavy atom. The average Bonchev–Trinajstić information content (AvgIpc) is 2.88. The Balaban J connectivity index is 1.95. The molecule has 0 fully saturated rings. The van der Waals surface area contributed by atoms with E-state index in [9.17, 15) is 9.59 Å². The van der Waals surface area contributed by atoms with Crippen molar-refractivity contribution in [3.8, 4) is 0 Å². The van der Waals surface area contributed by atoms with E-state index in [0.717, 1.165) is 29.9 Å². The normalized spacial score (nSPS) is 10.7. The molecule has 0 atom stereocenters. The summed E-state index contributed by atoms with van der Waals surface area (Å²) in [5, 5.41) is 0. The van der Waals surface area contributed by atoms with Gasteiger partial charge in [0.05, 0.1) is 18.1 Å². The van der Waals surface area contributed by atoms with Gasteiger partial charge in [0.1, 0.15) is 0 Å². The number of thioether (sulfide) groups is 1. The predicted molar refractivity (Wildman–Crippen MR) is 102 cm³/mol. The number of rotatable bonds is 9. The summed E-state index contributed by atoms with van der Waals surface area (Å²) < 4.78 is 7.07. The van der Waals surface area contributed by atoms with E-state index in [1.54, 1.807) is 6.92 Å². The molecule has 0 spiro atoms. The molecule has 0 radical (unpaired) electrons. The summed E-state index contributed by atoms with van der Waals surface area (Å²) in [6.45, 7) is 7.01. The highest BCUT2D eigenvalue weighted by Gasteiger charge is 2.16. The third-order valence-corrected chi connectivity index (χ3v) is 5.01. The summed E-state index contributed by atoms with van der Waals surface area (Å²) in [4.78, 5) is 23.8. The number of hydrogen-bond acceptors (Lipinski definition) is 4. The maximum atomic E-state index is 12.5. The van der Waals surface area contributed by atoms with Crippen molar-refractivity contribution >= 4 is 23.5 Å². The molecule has 1 aromatic heterocycles. The first kappa shape index (κ1) is 19.3. The van der Waals surface area contributed by atoms with E-state index >= 15 is 0 Å². The third kappa shape index (κ3) is 5.49. The second-order valence-electron chi connectivity index (χ2n) is 5.89. The zero-order valence-corrected chi connectivity index (χ0v) is 15.9. The molecule has 1 aromatic carbocycles. The van der Waals surface area contributed by atoms with Crippen LogP contribution < -0.4 is 0 Å². The lowest BCUT2D eigenvalue weighted by molar-refractivity contribution is -0.139. The van der Waals surface area contributed by atoms with Crippen LogP contribution in [0.25, 0.3) is 0 Å². The standard InChI is InChI=1S/C20H25NO3S/c1-4-24-20(23)14-25-13-19(22)18-12-15(2)21(16(18)3)11-10-17-8-6-5-7-9-17/h5-9,12H,4,10-11,13-14H2,1-3H3. The van der Waals surface area contributed by atoms with E-state index in [0.29, 0.717) is 12.4 Å². The van der Waals surface area contributed by atoms with Crippen LogP contribution in [0.5, 0.6) is 0 Å². The van der Waals surface area contributed by atoms with Crippen molar-refractivity contribution in [2.45, 2.75) is 33.7 Å². The Morgan fingerprint density at radius 2 is 1.84 bits per heavy atom. The molecule has 0 saturated heterocycles. The molecule has 1 heterocycles. The Bertz CT molecular complexity index is 722. The number of ketones is 1. The number of hydrogen-bond donors (Lipinski definition) is 0. The predicted octanol–water partition coefficient (Wildman–Crippen LogP) is 3.83. The minimum Gasteiger partial charge on any atom is -0.465 e. The summed E-state index contributed by atoms with van der Waals surface area (Å²) in [6, 6.07) is 12.3. The second kappa shape index (κ2) is 9.47. The van der Waals surface area contributed by atoms with Crippen molar-refractivity contribution in [1.82, 2.24) is 4.57 Å². The van der Waals surface area contributed by atoms with Crippen molar-refractivity contribution < 1.29 is 14.3 Å². The molecule has 0 N–H and O–H groups in total. The summed E-state index contributed by atoms with van der Waals surface area (Å²) >= 11 is 1.30. The number of esters is 1. The van der Waals surface area contributed by atoms with Crippen LogP contribution in [0.2, 0.25) is 0 Å². The van der Waals surface area contributed by atoms with Gasteiger partial charge in [-0.3, -0.25) is 9.59 Å². The smallest absolute Gasteiger partial charge is 0.315 e. The molecule has 5 heteroatoms. The molecule has 0 aliphatic carbocycles. The lowest BCUT2D eigenvalue weighted by atomic mass is 10.1. The highest BCUT2D eigenvalue weighted by atomic mass is 32.2. The molecule has 0 amide bonds. The highest BCUT2D eigenvalue weighted by Crippen LogP contribution is 2.18. The molecule has 0 bridgehead atoms. The Kier molecular flexibility index (Phi) is 7.31. The summed E-state index contributed by atoms with van der Waals surface area (Å²) in [7, 11) is 0. The summed E-state index contributed by atoms with van der Waals surface area (Å²) in [5.41, 5.74) is 4.12. The number of Topliss-reactive ketones (excluding diaryl/α,β-unsaturated/α-hetero) is 1. The van der Waals surface area contributed by atoms with Gasteiger partial charge < -0.3 is 9.30 Å². The van der Waals surface area contributed by atoms with Crippen molar-refractivity contribution in [3.05, 3.63) is 58.9 Å². The molecule has 4 nitrogen and oxygen atoms in total. The minimum absolute atomic E-state index is 0.0633. The van der Waals surface area contributed by atoms with Gasteiger partial charge in [0.25, 0.3) is 0 Å². The number of carbonyl (C=O) groups is 2. The topological polar surface area (TPSA) is 48.3 Å². The molecule has 0 aliphatic heterocycles. The zero-order valence-electron chi connectivity index (χ0n) is 15.1. The first-order valence-corrected chi connectivity index (χ1v) is 9.65. The van der Waals surface area contributed by atoms with Crippen molar-refractivity contribution in [3.63, 3.8) is 0 Å². The molecule has 2 aromatic rings. The van der Waals surface area contributed by atoms with Crippen LogP contribution in [-0.2, 0) is 22.5 Å². The first-order valence-electron chi connectivity index (χ1n) is 8.50. The fourth-order valence-electron chi connectivity index (χ4n) is 2.82. The van der Waals surface area contributed by atoms with Gasteiger partial charge in [0.15, 0.2) is 5.78 Å². The van der Waals surface area contributed by atoms with E-state index < -0.39 is 0 Å². The molecular formula is C20H25NO3S. The molecule has 0 unspecified atom stereocenters. The van der Waals surface area contributed by atoms with Gasteiger partial charge >= 0.3 is 5.97 Å². The lowest BCUT2D eigenvalue weighted by Crippen LogP contribution is -2.11. The van der Waals surface area contributed by atoms with Crippen molar-refractivity contribution in [2.24, 2.45) is 0 Å². The maximum Gasteiger partial charge on any atom is 0.315 e. The van der Waals surface area contributed by atoms with Crippen LogP contribution in [0, 0.1) is 13.8 Å². The average molecular weight is 359 g/mol. The van der Waals surface area contributed by atoms with E-state index in [-0.39, 0.29) is 17.5 Å². The second-order valence-corrected chi connectivity index (χ2v) is 6.88. The molecule has 0 aliphatic rings. The largest absolute Gasteiger partial charge is 0.465 e. The van der Waals surface area contributed by atoms with Crippen LogP contribution >= 0.6 is 11.8 Å². The molecular weight excluding hydrogens is 334 g/mol. The number of benzene rings is 1.